The molecule has 0 bridgehead atoms. The van der Waals surface area contributed by atoms with E-state index in [9.17, 15) is 0 Å². The molecule has 14 heavy (non-hydrogen) atoms. The van der Waals surface area contributed by atoms with Crippen LogP contribution in [0.25, 0.3) is 0 Å². The maximum absolute atomic E-state index is 5.52. The van der Waals surface area contributed by atoms with Gasteiger partial charge in [-0.1, -0.05) is 19.1 Å². The normalized spacial score (nSPS) is 14.9. The van der Waals surface area contributed by atoms with Crippen molar-refractivity contribution in [1.29, 1.82) is 0 Å². The molecule has 0 radical (unpaired) electrons. The Bertz CT molecular complexity index is 290. The summed E-state index contributed by atoms with van der Waals surface area (Å²) < 4.78 is 10.7. The lowest BCUT2D eigenvalue weighted by molar-refractivity contribution is -0.00154. The minimum Gasteiger partial charge on any atom is -0.497 e. The molecule has 0 N–H and O–H groups in total. The Hall–Kier alpha value is -1.02. The van der Waals surface area contributed by atoms with Crippen LogP contribution in [0.15, 0.2) is 24.3 Å². The lowest BCUT2D eigenvalue weighted by atomic mass is 9.93. The van der Waals surface area contributed by atoms with Crippen LogP contribution in [-0.2, 0) is 10.3 Å². The van der Waals surface area contributed by atoms with E-state index in [1.165, 1.54) is 0 Å². The number of methoxy groups -OCH3 is 2. The third kappa shape index (κ3) is 2.07. The lowest BCUT2D eigenvalue weighted by Gasteiger charge is -2.27. The molecule has 1 unspecified atom stereocenters. The van der Waals surface area contributed by atoms with Gasteiger partial charge in [0.05, 0.1) is 12.7 Å². The number of rotatable bonds is 4. The third-order valence-corrected chi connectivity index (χ3v) is 2.81. The van der Waals surface area contributed by atoms with Crippen LogP contribution < -0.4 is 4.74 Å². The quantitative estimate of drug-likeness (QED) is 0.733. The summed E-state index contributed by atoms with van der Waals surface area (Å²) in [5.74, 6) is 0.874. The fraction of sp³-hybridized carbons (Fsp3) is 0.500. The molecular formula is C12H18O2. The van der Waals surface area contributed by atoms with Crippen LogP contribution in [0.1, 0.15) is 25.8 Å². The third-order valence-electron chi connectivity index (χ3n) is 2.81. The van der Waals surface area contributed by atoms with Crippen LogP contribution in [0.5, 0.6) is 5.75 Å². The van der Waals surface area contributed by atoms with Crippen molar-refractivity contribution in [2.75, 3.05) is 14.2 Å². The van der Waals surface area contributed by atoms with Gasteiger partial charge in [-0.25, -0.2) is 0 Å². The molecule has 0 spiro atoms. The molecule has 0 saturated heterocycles. The molecule has 0 aliphatic carbocycles. The highest BCUT2D eigenvalue weighted by Gasteiger charge is 2.23. The van der Waals surface area contributed by atoms with Gasteiger partial charge in [-0.3, -0.25) is 0 Å². The standard InChI is InChI=1S/C12H18O2/c1-5-12(2,14-4)10-7-6-8-11(9-10)13-3/h6-9H,5H2,1-4H3. The maximum Gasteiger partial charge on any atom is 0.119 e. The summed E-state index contributed by atoms with van der Waals surface area (Å²) in [5.41, 5.74) is 0.941. The molecule has 1 aromatic carbocycles. The van der Waals surface area contributed by atoms with Gasteiger partial charge in [0.1, 0.15) is 5.75 Å². The zero-order valence-corrected chi connectivity index (χ0v) is 9.33. The zero-order chi connectivity index (χ0) is 10.6. The summed E-state index contributed by atoms with van der Waals surface area (Å²) in [7, 11) is 3.41. The summed E-state index contributed by atoms with van der Waals surface area (Å²) in [6.07, 6.45) is 0.941. The van der Waals surface area contributed by atoms with E-state index in [4.69, 9.17) is 9.47 Å². The van der Waals surface area contributed by atoms with Crippen molar-refractivity contribution in [3.63, 3.8) is 0 Å². The summed E-state index contributed by atoms with van der Waals surface area (Å²) in [5, 5.41) is 0. The first-order valence-electron chi connectivity index (χ1n) is 4.86. The molecule has 0 heterocycles. The van der Waals surface area contributed by atoms with Crippen LogP contribution in [0.3, 0.4) is 0 Å². The van der Waals surface area contributed by atoms with Crippen molar-refractivity contribution in [2.24, 2.45) is 0 Å². The molecule has 1 atom stereocenters. The highest BCUT2D eigenvalue weighted by molar-refractivity contribution is 5.32. The molecule has 78 valence electrons. The topological polar surface area (TPSA) is 18.5 Å². The van der Waals surface area contributed by atoms with Crippen molar-refractivity contribution < 1.29 is 9.47 Å². The fourth-order valence-electron chi connectivity index (χ4n) is 1.42. The predicted molar refractivity (Wildman–Crippen MR) is 57.6 cm³/mol. The van der Waals surface area contributed by atoms with Gasteiger partial charge in [0, 0.05) is 7.11 Å². The molecule has 0 fully saturated rings. The van der Waals surface area contributed by atoms with Crippen molar-refractivity contribution in [3.05, 3.63) is 29.8 Å². The van der Waals surface area contributed by atoms with Gasteiger partial charge in [-0.2, -0.15) is 0 Å². The van der Waals surface area contributed by atoms with Crippen molar-refractivity contribution >= 4 is 0 Å². The van der Waals surface area contributed by atoms with Gasteiger partial charge in [-0.15, -0.1) is 0 Å². The largest absolute Gasteiger partial charge is 0.497 e. The monoisotopic (exact) mass is 194 g/mol. The van der Waals surface area contributed by atoms with E-state index in [-0.39, 0.29) is 5.60 Å². The predicted octanol–water partition coefficient (Wildman–Crippen LogP) is 2.97. The molecule has 0 saturated carbocycles. The van der Waals surface area contributed by atoms with Crippen molar-refractivity contribution in [1.82, 2.24) is 0 Å². The number of hydrogen-bond acceptors (Lipinski definition) is 2. The summed E-state index contributed by atoms with van der Waals surface area (Å²) >= 11 is 0. The molecule has 2 nitrogen and oxygen atoms in total. The lowest BCUT2D eigenvalue weighted by Crippen LogP contribution is -2.22. The minimum absolute atomic E-state index is 0.214. The maximum atomic E-state index is 5.52. The first-order valence-corrected chi connectivity index (χ1v) is 4.86. The van der Waals surface area contributed by atoms with E-state index in [1.54, 1.807) is 14.2 Å². The SMILES string of the molecule is CCC(C)(OC)c1cccc(OC)c1. The highest BCUT2D eigenvalue weighted by Crippen LogP contribution is 2.30. The Labute approximate surface area is 85.8 Å². The van der Waals surface area contributed by atoms with Crippen LogP contribution in [0.2, 0.25) is 0 Å². The van der Waals surface area contributed by atoms with Crippen LogP contribution in [0.4, 0.5) is 0 Å². The number of benzene rings is 1. The average Bonchev–Trinajstić information content (AvgIpc) is 2.28. The number of ether oxygens (including phenoxy) is 2. The minimum atomic E-state index is -0.214. The molecular weight excluding hydrogens is 176 g/mol. The van der Waals surface area contributed by atoms with Crippen LogP contribution in [0, 0.1) is 0 Å². The average molecular weight is 194 g/mol. The Balaban J connectivity index is 3.04. The number of hydrogen-bond donors (Lipinski definition) is 0. The van der Waals surface area contributed by atoms with Crippen LogP contribution >= 0.6 is 0 Å². The molecule has 2 heteroatoms. The van der Waals surface area contributed by atoms with Gasteiger partial charge in [0.15, 0.2) is 0 Å². The summed E-state index contributed by atoms with van der Waals surface area (Å²) in [4.78, 5) is 0. The fourth-order valence-corrected chi connectivity index (χ4v) is 1.42. The second kappa shape index (κ2) is 4.47. The highest BCUT2D eigenvalue weighted by atomic mass is 16.5. The van der Waals surface area contributed by atoms with Crippen LogP contribution in [-0.4, -0.2) is 14.2 Å². The smallest absolute Gasteiger partial charge is 0.119 e. The van der Waals surface area contributed by atoms with Gasteiger partial charge in [-0.05, 0) is 31.0 Å². The van der Waals surface area contributed by atoms with E-state index in [1.807, 2.05) is 18.2 Å². The van der Waals surface area contributed by atoms with Gasteiger partial charge < -0.3 is 9.47 Å². The van der Waals surface area contributed by atoms with E-state index < -0.39 is 0 Å². The van der Waals surface area contributed by atoms with Gasteiger partial charge >= 0.3 is 0 Å². The van der Waals surface area contributed by atoms with E-state index >= 15 is 0 Å². The first-order chi connectivity index (χ1) is 6.66. The molecule has 1 aromatic rings. The Kier molecular flexibility index (Phi) is 3.53. The summed E-state index contributed by atoms with van der Waals surface area (Å²) in [6, 6.07) is 8.01. The zero-order valence-electron chi connectivity index (χ0n) is 9.33. The Morgan fingerprint density at radius 2 is 2.00 bits per heavy atom. The van der Waals surface area contributed by atoms with E-state index in [0.29, 0.717) is 0 Å². The molecule has 1 rings (SSSR count). The first kappa shape index (κ1) is 11.1. The van der Waals surface area contributed by atoms with E-state index in [2.05, 4.69) is 19.9 Å². The second-order valence-electron chi connectivity index (χ2n) is 3.52. The molecule has 0 amide bonds. The molecule has 0 aliphatic heterocycles. The van der Waals surface area contributed by atoms with E-state index in [0.717, 1.165) is 17.7 Å². The summed E-state index contributed by atoms with van der Waals surface area (Å²) in [6.45, 7) is 4.20. The van der Waals surface area contributed by atoms with Gasteiger partial charge in [0.25, 0.3) is 0 Å². The molecule has 0 aliphatic rings. The second-order valence-corrected chi connectivity index (χ2v) is 3.52. The van der Waals surface area contributed by atoms with Crippen molar-refractivity contribution in [3.8, 4) is 5.75 Å². The van der Waals surface area contributed by atoms with Crippen molar-refractivity contribution in [2.45, 2.75) is 25.9 Å². The molecule has 0 aromatic heterocycles. The Morgan fingerprint density at radius 1 is 1.29 bits per heavy atom. The van der Waals surface area contributed by atoms with Gasteiger partial charge in [0.2, 0.25) is 0 Å². The Morgan fingerprint density at radius 3 is 2.50 bits per heavy atom.